The van der Waals surface area contributed by atoms with E-state index in [1.54, 1.807) is 17.9 Å². The fourth-order valence-electron chi connectivity index (χ4n) is 1.50. The Morgan fingerprint density at radius 1 is 1.42 bits per heavy atom. The van der Waals surface area contributed by atoms with Gasteiger partial charge in [0.2, 0.25) is 0 Å². The molecule has 100 valence electrons. The minimum Gasteiger partial charge on any atom is -0.492 e. The molecule has 0 spiro atoms. The molecule has 1 aromatic heterocycles. The van der Waals surface area contributed by atoms with E-state index in [0.29, 0.717) is 24.5 Å². The van der Waals surface area contributed by atoms with Gasteiger partial charge in [0.15, 0.2) is 0 Å². The third-order valence-electron chi connectivity index (χ3n) is 2.44. The molecule has 0 unspecified atom stereocenters. The summed E-state index contributed by atoms with van der Waals surface area (Å²) >= 11 is 0. The molecule has 0 aliphatic carbocycles. The summed E-state index contributed by atoms with van der Waals surface area (Å²) in [4.78, 5) is 11.6. The summed E-state index contributed by atoms with van der Waals surface area (Å²) in [6.45, 7) is 0.683. The number of rotatable bonds is 5. The molecule has 1 amide bonds. The molecule has 1 N–H and O–H groups in total. The summed E-state index contributed by atoms with van der Waals surface area (Å²) in [6, 6.07) is 5.73. The van der Waals surface area contributed by atoms with E-state index in [-0.39, 0.29) is 11.7 Å². The van der Waals surface area contributed by atoms with Crippen molar-refractivity contribution in [2.24, 2.45) is 7.05 Å². The molecule has 1 aromatic carbocycles. The molecule has 5 nitrogen and oxygen atoms in total. The van der Waals surface area contributed by atoms with E-state index in [4.69, 9.17) is 4.74 Å². The molecule has 1 heterocycles. The highest BCUT2D eigenvalue weighted by molar-refractivity contribution is 5.93. The van der Waals surface area contributed by atoms with E-state index in [0.717, 1.165) is 0 Å². The molecular formula is C13H14FN3O2. The molecule has 0 aliphatic heterocycles. The Labute approximate surface area is 110 Å². The zero-order chi connectivity index (χ0) is 13.7. The minimum atomic E-state index is -0.308. The number of nitrogens with one attached hydrogen (secondary N) is 1. The summed E-state index contributed by atoms with van der Waals surface area (Å²) in [5.41, 5.74) is 0.504. The zero-order valence-electron chi connectivity index (χ0n) is 10.5. The summed E-state index contributed by atoms with van der Waals surface area (Å²) < 4.78 is 19.6. The molecule has 0 radical (unpaired) electrons. The third kappa shape index (κ3) is 3.80. The maximum atomic E-state index is 12.7. The van der Waals surface area contributed by atoms with Crippen molar-refractivity contribution < 1.29 is 13.9 Å². The van der Waals surface area contributed by atoms with Crippen molar-refractivity contribution in [1.82, 2.24) is 15.1 Å². The number of amides is 1. The van der Waals surface area contributed by atoms with Gasteiger partial charge in [-0.25, -0.2) is 4.39 Å². The van der Waals surface area contributed by atoms with Crippen LogP contribution < -0.4 is 10.1 Å². The van der Waals surface area contributed by atoms with Crippen molar-refractivity contribution in [3.05, 3.63) is 48.0 Å². The van der Waals surface area contributed by atoms with Gasteiger partial charge in [0.05, 0.1) is 18.3 Å². The van der Waals surface area contributed by atoms with Crippen LogP contribution >= 0.6 is 0 Å². The standard InChI is InChI=1S/C13H14FN3O2/c1-17-9-10(8-16-17)13(18)15-6-7-19-12-4-2-11(14)3-5-12/h2-5,8-9H,6-7H2,1H3,(H,15,18). The van der Waals surface area contributed by atoms with Crippen LogP contribution in [0.4, 0.5) is 4.39 Å². The second-order valence-electron chi connectivity index (χ2n) is 3.96. The lowest BCUT2D eigenvalue weighted by molar-refractivity contribution is 0.0947. The number of nitrogens with zero attached hydrogens (tertiary/aromatic N) is 2. The lowest BCUT2D eigenvalue weighted by Crippen LogP contribution is -2.27. The Bertz CT molecular complexity index is 551. The molecule has 2 aromatic rings. The van der Waals surface area contributed by atoms with E-state index >= 15 is 0 Å². The van der Waals surface area contributed by atoms with Crippen LogP contribution in [0, 0.1) is 5.82 Å². The predicted molar refractivity (Wildman–Crippen MR) is 67.4 cm³/mol. The maximum absolute atomic E-state index is 12.7. The highest BCUT2D eigenvalue weighted by Gasteiger charge is 2.06. The Morgan fingerprint density at radius 3 is 2.79 bits per heavy atom. The van der Waals surface area contributed by atoms with Gasteiger partial charge < -0.3 is 10.1 Å². The van der Waals surface area contributed by atoms with E-state index in [2.05, 4.69) is 10.4 Å². The van der Waals surface area contributed by atoms with Gasteiger partial charge in [0.1, 0.15) is 18.2 Å². The van der Waals surface area contributed by atoms with Crippen molar-refractivity contribution in [3.8, 4) is 5.75 Å². The molecular weight excluding hydrogens is 249 g/mol. The number of aromatic nitrogens is 2. The number of halogens is 1. The summed E-state index contributed by atoms with van der Waals surface area (Å²) in [6.07, 6.45) is 3.13. The first kappa shape index (κ1) is 13.1. The number of carbonyl (C=O) groups excluding carboxylic acids is 1. The van der Waals surface area contributed by atoms with Crippen LogP contribution in [0.3, 0.4) is 0 Å². The molecule has 6 heteroatoms. The van der Waals surface area contributed by atoms with Crippen LogP contribution in [0.2, 0.25) is 0 Å². The summed E-state index contributed by atoms with van der Waals surface area (Å²) in [5.74, 6) is 0.0602. The lowest BCUT2D eigenvalue weighted by Gasteiger charge is -2.06. The zero-order valence-corrected chi connectivity index (χ0v) is 10.5. The average molecular weight is 263 g/mol. The second kappa shape index (κ2) is 5.99. The summed E-state index contributed by atoms with van der Waals surface area (Å²) in [7, 11) is 1.74. The highest BCUT2D eigenvalue weighted by Crippen LogP contribution is 2.10. The fourth-order valence-corrected chi connectivity index (χ4v) is 1.50. The van der Waals surface area contributed by atoms with Gasteiger partial charge in [-0.2, -0.15) is 5.10 Å². The van der Waals surface area contributed by atoms with Gasteiger partial charge >= 0.3 is 0 Å². The van der Waals surface area contributed by atoms with Crippen LogP contribution in [-0.2, 0) is 7.05 Å². The van der Waals surface area contributed by atoms with Crippen LogP contribution in [0.25, 0.3) is 0 Å². The van der Waals surface area contributed by atoms with Crippen molar-refractivity contribution >= 4 is 5.91 Å². The number of hydrogen-bond donors (Lipinski definition) is 1. The lowest BCUT2D eigenvalue weighted by atomic mass is 10.3. The van der Waals surface area contributed by atoms with Crippen LogP contribution in [0.15, 0.2) is 36.7 Å². The third-order valence-corrected chi connectivity index (χ3v) is 2.44. The van der Waals surface area contributed by atoms with Gasteiger partial charge in [-0.1, -0.05) is 0 Å². The van der Waals surface area contributed by atoms with E-state index in [1.807, 2.05) is 0 Å². The fraction of sp³-hybridized carbons (Fsp3) is 0.231. The van der Waals surface area contributed by atoms with Crippen LogP contribution in [0.1, 0.15) is 10.4 Å². The second-order valence-corrected chi connectivity index (χ2v) is 3.96. The Balaban J connectivity index is 1.72. The molecule has 0 bridgehead atoms. The van der Waals surface area contributed by atoms with Gasteiger partial charge in [-0.3, -0.25) is 9.48 Å². The van der Waals surface area contributed by atoms with Gasteiger partial charge in [0.25, 0.3) is 5.91 Å². The molecule has 2 rings (SSSR count). The average Bonchev–Trinajstić information content (AvgIpc) is 2.83. The van der Waals surface area contributed by atoms with E-state index < -0.39 is 0 Å². The topological polar surface area (TPSA) is 56.2 Å². The summed E-state index contributed by atoms with van der Waals surface area (Å²) in [5, 5.41) is 6.61. The molecule has 0 atom stereocenters. The Hall–Kier alpha value is -2.37. The molecule has 0 saturated heterocycles. The first-order valence-electron chi connectivity index (χ1n) is 5.80. The SMILES string of the molecule is Cn1cc(C(=O)NCCOc2ccc(F)cc2)cn1. The van der Waals surface area contributed by atoms with Crippen LogP contribution in [-0.4, -0.2) is 28.8 Å². The van der Waals surface area contributed by atoms with E-state index in [1.165, 1.54) is 30.5 Å². The molecule has 19 heavy (non-hydrogen) atoms. The first-order valence-corrected chi connectivity index (χ1v) is 5.80. The van der Waals surface area contributed by atoms with Crippen molar-refractivity contribution in [1.29, 1.82) is 0 Å². The van der Waals surface area contributed by atoms with Crippen molar-refractivity contribution in [2.75, 3.05) is 13.2 Å². The normalized spacial score (nSPS) is 10.2. The molecule has 0 aliphatic rings. The molecule has 0 fully saturated rings. The Morgan fingerprint density at radius 2 is 2.16 bits per heavy atom. The van der Waals surface area contributed by atoms with Gasteiger partial charge in [0, 0.05) is 13.2 Å². The number of hydrogen-bond acceptors (Lipinski definition) is 3. The monoisotopic (exact) mass is 263 g/mol. The largest absolute Gasteiger partial charge is 0.492 e. The predicted octanol–water partition coefficient (Wildman–Crippen LogP) is 1.37. The van der Waals surface area contributed by atoms with Crippen LogP contribution in [0.5, 0.6) is 5.75 Å². The number of ether oxygens (including phenoxy) is 1. The maximum Gasteiger partial charge on any atom is 0.254 e. The number of carbonyl (C=O) groups is 1. The number of aryl methyl sites for hydroxylation is 1. The first-order chi connectivity index (χ1) is 9.15. The highest BCUT2D eigenvalue weighted by atomic mass is 19.1. The van der Waals surface area contributed by atoms with Gasteiger partial charge in [-0.15, -0.1) is 0 Å². The van der Waals surface area contributed by atoms with Gasteiger partial charge in [-0.05, 0) is 24.3 Å². The molecule has 0 saturated carbocycles. The van der Waals surface area contributed by atoms with Crippen molar-refractivity contribution in [3.63, 3.8) is 0 Å². The van der Waals surface area contributed by atoms with Crippen molar-refractivity contribution in [2.45, 2.75) is 0 Å². The minimum absolute atomic E-state index is 0.198. The smallest absolute Gasteiger partial charge is 0.254 e. The number of benzene rings is 1. The quantitative estimate of drug-likeness (QED) is 0.829. The Kier molecular flexibility index (Phi) is 4.12. The van der Waals surface area contributed by atoms with E-state index in [9.17, 15) is 9.18 Å².